The Morgan fingerprint density at radius 1 is 1.29 bits per heavy atom. The summed E-state index contributed by atoms with van der Waals surface area (Å²) >= 11 is 0. The molecule has 0 bridgehead atoms. The number of hydrogen-bond acceptors (Lipinski definition) is 3. The number of rotatable bonds is 7. The third-order valence-electron chi connectivity index (χ3n) is 3.49. The molecule has 0 spiro atoms. The highest BCUT2D eigenvalue weighted by molar-refractivity contribution is 5.98. The fraction of sp³-hybridized carbons (Fsp3) is 0.500. The molecule has 5 nitrogen and oxygen atoms in total. The molecule has 0 unspecified atom stereocenters. The third-order valence-corrected chi connectivity index (χ3v) is 3.49. The van der Waals surface area contributed by atoms with Gasteiger partial charge in [-0.15, -0.1) is 0 Å². The van der Waals surface area contributed by atoms with E-state index in [2.05, 4.69) is 19.2 Å². The van der Waals surface area contributed by atoms with Crippen LogP contribution in [0.2, 0.25) is 0 Å². The SMILES string of the molecule is Cc1c(NC(=O)C[C@@H](CN)CC(C)C)cccc1C(N)=O. The van der Waals surface area contributed by atoms with Crippen LogP contribution in [0, 0.1) is 18.8 Å². The number of amides is 2. The van der Waals surface area contributed by atoms with Gasteiger partial charge in [0.2, 0.25) is 11.8 Å². The number of benzene rings is 1. The van der Waals surface area contributed by atoms with Crippen molar-refractivity contribution < 1.29 is 9.59 Å². The lowest BCUT2D eigenvalue weighted by Crippen LogP contribution is -2.24. The van der Waals surface area contributed by atoms with Gasteiger partial charge in [-0.25, -0.2) is 0 Å². The van der Waals surface area contributed by atoms with Crippen LogP contribution in [-0.4, -0.2) is 18.4 Å². The van der Waals surface area contributed by atoms with Crippen LogP contribution in [0.15, 0.2) is 18.2 Å². The van der Waals surface area contributed by atoms with E-state index in [9.17, 15) is 9.59 Å². The Bertz CT molecular complexity index is 512. The molecule has 0 saturated carbocycles. The van der Waals surface area contributed by atoms with Crippen molar-refractivity contribution in [2.24, 2.45) is 23.3 Å². The number of hydrogen-bond donors (Lipinski definition) is 3. The summed E-state index contributed by atoms with van der Waals surface area (Å²) in [6, 6.07) is 5.12. The van der Waals surface area contributed by atoms with Gasteiger partial charge in [0.15, 0.2) is 0 Å². The number of nitrogens with one attached hydrogen (secondary N) is 1. The van der Waals surface area contributed by atoms with E-state index in [-0.39, 0.29) is 11.8 Å². The van der Waals surface area contributed by atoms with E-state index >= 15 is 0 Å². The van der Waals surface area contributed by atoms with Gasteiger partial charge in [0.1, 0.15) is 0 Å². The van der Waals surface area contributed by atoms with E-state index in [0.717, 1.165) is 6.42 Å². The zero-order valence-corrected chi connectivity index (χ0v) is 13.0. The normalized spacial score (nSPS) is 12.2. The second-order valence-corrected chi connectivity index (χ2v) is 5.83. The molecule has 5 N–H and O–H groups in total. The van der Waals surface area contributed by atoms with E-state index < -0.39 is 5.91 Å². The van der Waals surface area contributed by atoms with E-state index in [1.165, 1.54) is 0 Å². The van der Waals surface area contributed by atoms with Gasteiger partial charge >= 0.3 is 0 Å². The molecule has 0 aromatic heterocycles. The van der Waals surface area contributed by atoms with E-state index in [1.54, 1.807) is 25.1 Å². The van der Waals surface area contributed by atoms with Gasteiger partial charge in [0.05, 0.1) is 0 Å². The topological polar surface area (TPSA) is 98.2 Å². The Morgan fingerprint density at radius 2 is 1.95 bits per heavy atom. The van der Waals surface area contributed by atoms with Crippen LogP contribution in [-0.2, 0) is 4.79 Å². The van der Waals surface area contributed by atoms with Crippen molar-refractivity contribution in [1.82, 2.24) is 0 Å². The van der Waals surface area contributed by atoms with Gasteiger partial charge in [-0.1, -0.05) is 19.9 Å². The number of anilines is 1. The van der Waals surface area contributed by atoms with Crippen LogP contribution >= 0.6 is 0 Å². The minimum Gasteiger partial charge on any atom is -0.366 e. The quantitative estimate of drug-likeness (QED) is 0.717. The lowest BCUT2D eigenvalue weighted by atomic mass is 9.94. The van der Waals surface area contributed by atoms with E-state index in [1.807, 2.05) is 0 Å². The van der Waals surface area contributed by atoms with Crippen LogP contribution in [0.3, 0.4) is 0 Å². The first-order valence-electron chi connectivity index (χ1n) is 7.24. The fourth-order valence-corrected chi connectivity index (χ4v) is 2.43. The van der Waals surface area contributed by atoms with Gasteiger partial charge in [-0.3, -0.25) is 9.59 Å². The minimum absolute atomic E-state index is 0.0872. The summed E-state index contributed by atoms with van der Waals surface area (Å²) in [4.78, 5) is 23.4. The molecule has 2 amide bonds. The highest BCUT2D eigenvalue weighted by atomic mass is 16.2. The molecule has 0 radical (unpaired) electrons. The Morgan fingerprint density at radius 3 is 2.48 bits per heavy atom. The molecule has 1 aromatic carbocycles. The Balaban J connectivity index is 2.75. The molecular formula is C16H25N3O2. The summed E-state index contributed by atoms with van der Waals surface area (Å²) in [5.74, 6) is 0.0926. The lowest BCUT2D eigenvalue weighted by Gasteiger charge is -2.17. The predicted octanol–water partition coefficient (Wildman–Crippen LogP) is 2.04. The largest absolute Gasteiger partial charge is 0.366 e. The molecule has 116 valence electrons. The van der Waals surface area contributed by atoms with Gasteiger partial charge in [0.25, 0.3) is 0 Å². The van der Waals surface area contributed by atoms with Crippen molar-refractivity contribution in [2.45, 2.75) is 33.6 Å². The van der Waals surface area contributed by atoms with Crippen molar-refractivity contribution in [2.75, 3.05) is 11.9 Å². The van der Waals surface area contributed by atoms with Crippen molar-refractivity contribution >= 4 is 17.5 Å². The zero-order valence-electron chi connectivity index (χ0n) is 13.0. The van der Waals surface area contributed by atoms with Gasteiger partial charge in [-0.2, -0.15) is 0 Å². The van der Waals surface area contributed by atoms with Gasteiger partial charge in [0, 0.05) is 17.7 Å². The maximum Gasteiger partial charge on any atom is 0.249 e. The number of carbonyl (C=O) groups excluding carboxylic acids is 2. The highest BCUT2D eigenvalue weighted by Crippen LogP contribution is 2.20. The maximum atomic E-state index is 12.1. The van der Waals surface area contributed by atoms with Crippen LogP contribution in [0.5, 0.6) is 0 Å². The number of primary amides is 1. The molecular weight excluding hydrogens is 266 g/mol. The summed E-state index contributed by atoms with van der Waals surface area (Å²) < 4.78 is 0. The van der Waals surface area contributed by atoms with Gasteiger partial charge < -0.3 is 16.8 Å². The van der Waals surface area contributed by atoms with Crippen LogP contribution in [0.4, 0.5) is 5.69 Å². The van der Waals surface area contributed by atoms with E-state index in [4.69, 9.17) is 11.5 Å². The Hall–Kier alpha value is -1.88. The molecule has 0 aliphatic heterocycles. The fourth-order valence-electron chi connectivity index (χ4n) is 2.43. The summed E-state index contributed by atoms with van der Waals surface area (Å²) in [7, 11) is 0. The minimum atomic E-state index is -0.497. The Labute approximate surface area is 126 Å². The predicted molar refractivity (Wildman–Crippen MR) is 84.9 cm³/mol. The molecule has 0 fully saturated rings. The molecule has 0 aliphatic rings. The summed E-state index contributed by atoms with van der Waals surface area (Å²) in [5, 5.41) is 2.84. The molecule has 21 heavy (non-hydrogen) atoms. The van der Waals surface area contributed by atoms with Crippen molar-refractivity contribution in [3.63, 3.8) is 0 Å². The average molecular weight is 291 g/mol. The second-order valence-electron chi connectivity index (χ2n) is 5.83. The molecule has 0 aliphatic carbocycles. The number of carbonyl (C=O) groups is 2. The standard InChI is InChI=1S/C16H25N3O2/c1-10(2)7-12(9-17)8-15(20)19-14-6-4-5-13(11(14)3)16(18)21/h4-6,10,12H,7-9,17H2,1-3H3,(H2,18,21)(H,19,20)/t12-/m0/s1. The molecule has 1 rings (SSSR count). The van der Waals surface area contributed by atoms with Crippen molar-refractivity contribution in [3.05, 3.63) is 29.3 Å². The Kier molecular flexibility index (Phi) is 6.37. The van der Waals surface area contributed by atoms with E-state index in [0.29, 0.717) is 35.7 Å². The molecule has 5 heteroatoms. The molecule has 0 saturated heterocycles. The first kappa shape index (κ1) is 17.2. The van der Waals surface area contributed by atoms with Crippen LogP contribution in [0.1, 0.15) is 42.6 Å². The molecule has 1 atom stereocenters. The second kappa shape index (κ2) is 7.78. The number of nitrogens with two attached hydrogens (primary N) is 2. The zero-order chi connectivity index (χ0) is 16.0. The summed E-state index contributed by atoms with van der Waals surface area (Å²) in [6.07, 6.45) is 1.30. The van der Waals surface area contributed by atoms with Crippen LogP contribution < -0.4 is 16.8 Å². The summed E-state index contributed by atoms with van der Waals surface area (Å²) in [6.45, 7) is 6.48. The maximum absolute atomic E-state index is 12.1. The van der Waals surface area contributed by atoms with Crippen molar-refractivity contribution in [3.8, 4) is 0 Å². The first-order valence-corrected chi connectivity index (χ1v) is 7.24. The third kappa shape index (κ3) is 5.19. The lowest BCUT2D eigenvalue weighted by molar-refractivity contribution is -0.117. The highest BCUT2D eigenvalue weighted by Gasteiger charge is 2.16. The smallest absolute Gasteiger partial charge is 0.249 e. The summed E-state index contributed by atoms with van der Waals surface area (Å²) in [5.41, 5.74) is 12.7. The monoisotopic (exact) mass is 291 g/mol. The van der Waals surface area contributed by atoms with Gasteiger partial charge in [-0.05, 0) is 49.4 Å². The average Bonchev–Trinajstić information content (AvgIpc) is 2.39. The first-order chi connectivity index (χ1) is 9.85. The molecule has 0 heterocycles. The van der Waals surface area contributed by atoms with Crippen molar-refractivity contribution in [1.29, 1.82) is 0 Å². The van der Waals surface area contributed by atoms with Crippen LogP contribution in [0.25, 0.3) is 0 Å². The molecule has 1 aromatic rings.